The molecule has 0 fully saturated rings. The van der Waals surface area contributed by atoms with Crippen LogP contribution in [0.25, 0.3) is 0 Å². The van der Waals surface area contributed by atoms with Crippen LogP contribution in [0.4, 0.5) is 5.69 Å². The zero-order valence-corrected chi connectivity index (χ0v) is 12.1. The number of benzene rings is 1. The summed E-state index contributed by atoms with van der Waals surface area (Å²) in [5, 5.41) is 0. The zero-order chi connectivity index (χ0) is 13.5. The number of aryl methyl sites for hydroxylation is 1. The van der Waals surface area contributed by atoms with Gasteiger partial charge in [0.1, 0.15) is 11.4 Å². The minimum Gasteiger partial charge on any atom is -0.493 e. The van der Waals surface area contributed by atoms with E-state index in [9.17, 15) is 0 Å². The molecule has 3 nitrogen and oxygen atoms in total. The van der Waals surface area contributed by atoms with E-state index in [4.69, 9.17) is 10.5 Å². The number of hydrogen-bond donors (Lipinski definition) is 1. The van der Waals surface area contributed by atoms with E-state index in [0.717, 1.165) is 36.2 Å². The third-order valence-electron chi connectivity index (χ3n) is 4.71. The average molecular weight is 261 g/mol. The molecule has 0 saturated carbocycles. The highest BCUT2D eigenvalue weighted by Gasteiger charge is 2.31. The van der Waals surface area contributed by atoms with Crippen molar-refractivity contribution in [1.82, 2.24) is 4.48 Å². The topological polar surface area (TPSA) is 35.2 Å². The lowest BCUT2D eigenvalue weighted by molar-refractivity contribution is 0.262. The Morgan fingerprint density at radius 3 is 3.00 bits per heavy atom. The van der Waals surface area contributed by atoms with Gasteiger partial charge in [0.15, 0.2) is 0 Å². The van der Waals surface area contributed by atoms with Crippen LogP contribution in [0.5, 0.6) is 5.75 Å². The number of rotatable bonds is 2. The lowest BCUT2D eigenvalue weighted by atomic mass is 9.87. The van der Waals surface area contributed by atoms with Gasteiger partial charge in [0.2, 0.25) is 0 Å². The molecule has 0 bridgehead atoms. The van der Waals surface area contributed by atoms with Gasteiger partial charge in [0.25, 0.3) is 0 Å². The first-order chi connectivity index (χ1) is 9.12. The fourth-order valence-corrected chi connectivity index (χ4v) is 3.59. The minimum absolute atomic E-state index is 0.584. The summed E-state index contributed by atoms with van der Waals surface area (Å²) in [6.07, 6.45) is 4.64. The van der Waals surface area contributed by atoms with E-state index in [1.807, 2.05) is 0 Å². The molecule has 2 N–H and O–H groups in total. The SMILES string of the molecule is C[N+]1(C)CCCc2cc3c(cc21)C(CCN)CCO3. The van der Waals surface area contributed by atoms with Gasteiger partial charge < -0.3 is 10.5 Å². The van der Waals surface area contributed by atoms with E-state index >= 15 is 0 Å². The van der Waals surface area contributed by atoms with Gasteiger partial charge in [-0.2, -0.15) is 0 Å². The average Bonchev–Trinajstić information content (AvgIpc) is 2.37. The number of ether oxygens (including phenoxy) is 1. The van der Waals surface area contributed by atoms with E-state index in [2.05, 4.69) is 26.2 Å². The smallest absolute Gasteiger partial charge is 0.136 e. The van der Waals surface area contributed by atoms with E-state index in [0.29, 0.717) is 5.92 Å². The zero-order valence-electron chi connectivity index (χ0n) is 12.1. The van der Waals surface area contributed by atoms with Crippen molar-refractivity contribution in [3.05, 3.63) is 23.3 Å². The van der Waals surface area contributed by atoms with Crippen molar-refractivity contribution in [3.8, 4) is 5.75 Å². The van der Waals surface area contributed by atoms with E-state index in [-0.39, 0.29) is 0 Å². The van der Waals surface area contributed by atoms with Crippen molar-refractivity contribution in [1.29, 1.82) is 0 Å². The third-order valence-corrected chi connectivity index (χ3v) is 4.71. The Balaban J connectivity index is 2.06. The van der Waals surface area contributed by atoms with E-state index in [1.165, 1.54) is 36.2 Å². The summed E-state index contributed by atoms with van der Waals surface area (Å²) in [7, 11) is 4.62. The summed E-state index contributed by atoms with van der Waals surface area (Å²) in [6.45, 7) is 2.84. The Kier molecular flexibility index (Phi) is 3.27. The molecule has 2 aliphatic rings. The molecule has 0 spiro atoms. The molecule has 1 unspecified atom stereocenters. The normalized spacial score (nSPS) is 24.3. The summed E-state index contributed by atoms with van der Waals surface area (Å²) in [4.78, 5) is 0. The van der Waals surface area contributed by atoms with Crippen LogP contribution in [0.1, 0.15) is 36.3 Å². The molecule has 0 amide bonds. The van der Waals surface area contributed by atoms with Gasteiger partial charge in [0, 0.05) is 23.6 Å². The van der Waals surface area contributed by atoms with Crippen molar-refractivity contribution < 1.29 is 4.74 Å². The predicted molar refractivity (Wildman–Crippen MR) is 79.8 cm³/mol. The van der Waals surface area contributed by atoms with Crippen molar-refractivity contribution in [2.75, 3.05) is 33.8 Å². The Labute approximate surface area is 115 Å². The van der Waals surface area contributed by atoms with Crippen LogP contribution in [-0.2, 0) is 6.42 Å². The second-order valence-corrected chi connectivity index (χ2v) is 6.44. The monoisotopic (exact) mass is 261 g/mol. The third kappa shape index (κ3) is 2.26. The number of nitrogens with zero attached hydrogens (tertiary/aromatic N) is 1. The molecule has 3 rings (SSSR count). The summed E-state index contributed by atoms with van der Waals surface area (Å²) in [6, 6.07) is 4.70. The van der Waals surface area contributed by atoms with Gasteiger partial charge in [-0.25, -0.2) is 0 Å². The molecule has 104 valence electrons. The highest BCUT2D eigenvalue weighted by atomic mass is 16.5. The first-order valence-electron chi connectivity index (χ1n) is 7.45. The Morgan fingerprint density at radius 1 is 1.37 bits per heavy atom. The van der Waals surface area contributed by atoms with Crippen LogP contribution < -0.4 is 15.0 Å². The second kappa shape index (κ2) is 4.80. The number of hydrogen-bond acceptors (Lipinski definition) is 2. The maximum atomic E-state index is 5.89. The van der Waals surface area contributed by atoms with Crippen LogP contribution >= 0.6 is 0 Å². The van der Waals surface area contributed by atoms with E-state index in [1.54, 1.807) is 0 Å². The van der Waals surface area contributed by atoms with Gasteiger partial charge in [-0.1, -0.05) is 0 Å². The molecule has 0 radical (unpaired) electrons. The maximum Gasteiger partial charge on any atom is 0.136 e. The molecule has 2 aliphatic heterocycles. The van der Waals surface area contributed by atoms with Gasteiger partial charge in [-0.3, -0.25) is 4.48 Å². The fourth-order valence-electron chi connectivity index (χ4n) is 3.59. The van der Waals surface area contributed by atoms with Crippen molar-refractivity contribution >= 4 is 5.69 Å². The predicted octanol–water partition coefficient (Wildman–Crippen LogP) is 2.41. The van der Waals surface area contributed by atoms with Crippen molar-refractivity contribution in [3.63, 3.8) is 0 Å². The Hall–Kier alpha value is -1.06. The Bertz CT molecular complexity index is 482. The highest BCUT2D eigenvalue weighted by Crippen LogP contribution is 2.42. The lowest BCUT2D eigenvalue weighted by Crippen LogP contribution is -2.44. The van der Waals surface area contributed by atoms with Crippen molar-refractivity contribution in [2.45, 2.75) is 31.6 Å². The molecular formula is C16H25N2O+. The first-order valence-corrected chi connectivity index (χ1v) is 7.45. The van der Waals surface area contributed by atoms with Gasteiger partial charge in [-0.05, 0) is 37.8 Å². The number of quaternary nitrogens is 1. The Morgan fingerprint density at radius 2 is 2.21 bits per heavy atom. The molecule has 1 aromatic rings. The van der Waals surface area contributed by atoms with Crippen LogP contribution in [0.15, 0.2) is 12.1 Å². The largest absolute Gasteiger partial charge is 0.493 e. The number of fused-ring (bicyclic) bond motifs is 2. The molecule has 19 heavy (non-hydrogen) atoms. The summed E-state index contributed by atoms with van der Waals surface area (Å²) >= 11 is 0. The molecule has 0 aromatic heterocycles. The van der Waals surface area contributed by atoms with Gasteiger partial charge in [-0.15, -0.1) is 0 Å². The molecule has 1 atom stereocenters. The molecule has 0 saturated heterocycles. The highest BCUT2D eigenvalue weighted by molar-refractivity contribution is 5.59. The van der Waals surface area contributed by atoms with Crippen LogP contribution in [0.2, 0.25) is 0 Å². The quantitative estimate of drug-likeness (QED) is 0.830. The standard InChI is InChI=1S/C16H25N2O/c1-18(2)8-3-4-13-10-16-14(11-15(13)18)12(5-7-17)6-9-19-16/h10-12H,3-9,17H2,1-2H3/q+1. The summed E-state index contributed by atoms with van der Waals surface area (Å²) in [5.74, 6) is 1.70. The van der Waals surface area contributed by atoms with Crippen LogP contribution in [0, 0.1) is 0 Å². The molecule has 1 aromatic carbocycles. The first kappa shape index (κ1) is 12.9. The van der Waals surface area contributed by atoms with Crippen LogP contribution in [0.3, 0.4) is 0 Å². The molecule has 3 heteroatoms. The van der Waals surface area contributed by atoms with Crippen LogP contribution in [-0.4, -0.2) is 33.8 Å². The number of nitrogens with two attached hydrogens (primary N) is 1. The molecule has 2 heterocycles. The van der Waals surface area contributed by atoms with E-state index < -0.39 is 0 Å². The fraction of sp³-hybridized carbons (Fsp3) is 0.625. The maximum absolute atomic E-state index is 5.89. The molecule has 0 aliphatic carbocycles. The van der Waals surface area contributed by atoms with Gasteiger partial charge in [0.05, 0.1) is 27.2 Å². The minimum atomic E-state index is 0.584. The van der Waals surface area contributed by atoms with Crippen molar-refractivity contribution in [2.24, 2.45) is 5.73 Å². The second-order valence-electron chi connectivity index (χ2n) is 6.44. The van der Waals surface area contributed by atoms with Gasteiger partial charge >= 0.3 is 0 Å². The lowest BCUT2D eigenvalue weighted by Gasteiger charge is -2.37. The summed E-state index contributed by atoms with van der Waals surface area (Å²) < 4.78 is 6.88. The summed E-state index contributed by atoms with van der Waals surface area (Å²) in [5.41, 5.74) is 10.1. The molecular weight excluding hydrogens is 236 g/mol.